The molecule has 2 fully saturated rings. The molecule has 2 aliphatic rings. The van der Waals surface area contributed by atoms with Gasteiger partial charge in [-0.3, -0.25) is 9.58 Å². The maximum Gasteiger partial charge on any atom is 0.0644 e. The van der Waals surface area contributed by atoms with Gasteiger partial charge in [0.25, 0.3) is 0 Å². The van der Waals surface area contributed by atoms with E-state index in [0.29, 0.717) is 12.1 Å². The Morgan fingerprint density at radius 3 is 2.70 bits per heavy atom. The number of aromatic nitrogens is 2. The summed E-state index contributed by atoms with van der Waals surface area (Å²) < 4.78 is 2.14. The summed E-state index contributed by atoms with van der Waals surface area (Å²) in [6, 6.07) is 1.95. The number of hydrogen-bond donors (Lipinski definition) is 1. The van der Waals surface area contributed by atoms with Crippen molar-refractivity contribution >= 4 is 0 Å². The van der Waals surface area contributed by atoms with Crippen LogP contribution in [-0.4, -0.2) is 39.9 Å². The standard InChI is InChI=1S/C16H28N4/c1-5-20-13(4)16(11(2)18-20)12(3)19-9-8-14-6-7-15(10-19)17-14/h12,14-15,17H,5-10H2,1-4H3. The molecule has 0 aromatic carbocycles. The fourth-order valence-corrected chi connectivity index (χ4v) is 4.13. The van der Waals surface area contributed by atoms with E-state index in [1.54, 1.807) is 0 Å². The highest BCUT2D eigenvalue weighted by molar-refractivity contribution is 5.28. The van der Waals surface area contributed by atoms with Crippen LogP contribution in [0, 0.1) is 13.8 Å². The maximum absolute atomic E-state index is 4.69. The molecule has 4 heteroatoms. The minimum Gasteiger partial charge on any atom is -0.310 e. The highest BCUT2D eigenvalue weighted by Gasteiger charge is 2.32. The van der Waals surface area contributed by atoms with E-state index in [-0.39, 0.29) is 0 Å². The molecule has 3 heterocycles. The van der Waals surface area contributed by atoms with Gasteiger partial charge in [0.2, 0.25) is 0 Å². The molecule has 1 aromatic rings. The summed E-state index contributed by atoms with van der Waals surface area (Å²) in [6.45, 7) is 12.3. The molecule has 1 aromatic heterocycles. The van der Waals surface area contributed by atoms with Crippen molar-refractivity contribution < 1.29 is 0 Å². The van der Waals surface area contributed by atoms with Gasteiger partial charge < -0.3 is 5.32 Å². The molecular weight excluding hydrogens is 248 g/mol. The van der Waals surface area contributed by atoms with Gasteiger partial charge in [0.1, 0.15) is 0 Å². The number of nitrogens with one attached hydrogen (secondary N) is 1. The predicted octanol–water partition coefficient (Wildman–Crippen LogP) is 2.41. The largest absolute Gasteiger partial charge is 0.310 e. The monoisotopic (exact) mass is 276 g/mol. The van der Waals surface area contributed by atoms with Crippen LogP contribution >= 0.6 is 0 Å². The zero-order valence-corrected chi connectivity index (χ0v) is 13.3. The summed E-state index contributed by atoms with van der Waals surface area (Å²) >= 11 is 0. The molecule has 112 valence electrons. The Balaban J connectivity index is 1.81. The molecule has 2 bridgehead atoms. The highest BCUT2D eigenvalue weighted by atomic mass is 15.3. The van der Waals surface area contributed by atoms with E-state index in [4.69, 9.17) is 5.10 Å². The van der Waals surface area contributed by atoms with Gasteiger partial charge in [0, 0.05) is 49.0 Å². The Labute approximate surface area is 122 Å². The van der Waals surface area contributed by atoms with E-state index in [1.807, 2.05) is 0 Å². The molecule has 0 saturated carbocycles. The molecule has 0 aliphatic carbocycles. The van der Waals surface area contributed by atoms with Crippen LogP contribution < -0.4 is 5.32 Å². The highest BCUT2D eigenvalue weighted by Crippen LogP contribution is 2.30. The topological polar surface area (TPSA) is 33.1 Å². The van der Waals surface area contributed by atoms with Crippen molar-refractivity contribution in [3.63, 3.8) is 0 Å². The van der Waals surface area contributed by atoms with E-state index in [2.05, 4.69) is 42.6 Å². The lowest BCUT2D eigenvalue weighted by molar-refractivity contribution is 0.198. The molecule has 4 nitrogen and oxygen atoms in total. The van der Waals surface area contributed by atoms with Gasteiger partial charge in [0.15, 0.2) is 0 Å². The van der Waals surface area contributed by atoms with Gasteiger partial charge >= 0.3 is 0 Å². The summed E-state index contributed by atoms with van der Waals surface area (Å²) in [6.07, 6.45) is 4.01. The second-order valence-corrected chi connectivity index (χ2v) is 6.50. The first kappa shape index (κ1) is 14.1. The molecule has 0 radical (unpaired) electrons. The smallest absolute Gasteiger partial charge is 0.0644 e. The molecule has 2 aliphatic heterocycles. The predicted molar refractivity (Wildman–Crippen MR) is 81.9 cm³/mol. The van der Waals surface area contributed by atoms with Crippen molar-refractivity contribution in [2.45, 2.75) is 71.6 Å². The van der Waals surface area contributed by atoms with Crippen molar-refractivity contribution in [2.75, 3.05) is 13.1 Å². The minimum absolute atomic E-state index is 0.483. The average Bonchev–Trinajstić information content (AvgIpc) is 2.88. The number of likely N-dealkylation sites (tertiary alicyclic amines) is 1. The number of fused-ring (bicyclic) bond motifs is 2. The molecule has 20 heavy (non-hydrogen) atoms. The first-order valence-corrected chi connectivity index (χ1v) is 8.14. The number of hydrogen-bond acceptors (Lipinski definition) is 3. The normalized spacial score (nSPS) is 28.6. The molecule has 1 N–H and O–H groups in total. The molecule has 2 saturated heterocycles. The Morgan fingerprint density at radius 2 is 2.00 bits per heavy atom. The van der Waals surface area contributed by atoms with Crippen LogP contribution in [-0.2, 0) is 6.54 Å². The maximum atomic E-state index is 4.69. The summed E-state index contributed by atoms with van der Waals surface area (Å²) in [5.41, 5.74) is 4.00. The third kappa shape index (κ3) is 2.40. The van der Waals surface area contributed by atoms with Crippen LogP contribution in [0.15, 0.2) is 0 Å². The van der Waals surface area contributed by atoms with E-state index in [9.17, 15) is 0 Å². The van der Waals surface area contributed by atoms with Gasteiger partial charge in [-0.15, -0.1) is 0 Å². The van der Waals surface area contributed by atoms with Gasteiger partial charge in [-0.05, 0) is 47.0 Å². The zero-order chi connectivity index (χ0) is 14.3. The zero-order valence-electron chi connectivity index (χ0n) is 13.3. The molecule has 3 atom stereocenters. The van der Waals surface area contributed by atoms with Crippen LogP contribution in [0.4, 0.5) is 0 Å². The third-order valence-electron chi connectivity index (χ3n) is 5.26. The van der Waals surface area contributed by atoms with Gasteiger partial charge in [-0.25, -0.2) is 0 Å². The second kappa shape index (κ2) is 5.49. The minimum atomic E-state index is 0.483. The molecule has 0 spiro atoms. The van der Waals surface area contributed by atoms with Gasteiger partial charge in [-0.1, -0.05) is 0 Å². The van der Waals surface area contributed by atoms with E-state index in [0.717, 1.165) is 12.6 Å². The summed E-state index contributed by atoms with van der Waals surface area (Å²) in [7, 11) is 0. The lowest BCUT2D eigenvalue weighted by atomic mass is 10.0. The Bertz CT molecular complexity index is 479. The van der Waals surface area contributed by atoms with E-state index >= 15 is 0 Å². The third-order valence-corrected chi connectivity index (χ3v) is 5.26. The first-order chi connectivity index (χ1) is 9.60. The van der Waals surface area contributed by atoms with Crippen molar-refractivity contribution in [3.8, 4) is 0 Å². The van der Waals surface area contributed by atoms with Gasteiger partial charge in [0.05, 0.1) is 5.69 Å². The SMILES string of the molecule is CCn1nc(C)c(C(C)N2CCC3CCC(C2)N3)c1C. The molecule has 0 amide bonds. The molecule has 3 rings (SSSR count). The summed E-state index contributed by atoms with van der Waals surface area (Å²) in [5.74, 6) is 0. The van der Waals surface area contributed by atoms with Crippen molar-refractivity contribution in [1.82, 2.24) is 20.0 Å². The molecular formula is C16H28N4. The van der Waals surface area contributed by atoms with E-state index < -0.39 is 0 Å². The van der Waals surface area contributed by atoms with Crippen LogP contribution in [0.3, 0.4) is 0 Å². The summed E-state index contributed by atoms with van der Waals surface area (Å²) in [4.78, 5) is 2.66. The van der Waals surface area contributed by atoms with Crippen LogP contribution in [0.2, 0.25) is 0 Å². The quantitative estimate of drug-likeness (QED) is 0.920. The van der Waals surface area contributed by atoms with Crippen LogP contribution in [0.25, 0.3) is 0 Å². The van der Waals surface area contributed by atoms with E-state index in [1.165, 1.54) is 49.3 Å². The molecule has 3 unspecified atom stereocenters. The van der Waals surface area contributed by atoms with Crippen LogP contribution in [0.1, 0.15) is 56.1 Å². The van der Waals surface area contributed by atoms with Crippen molar-refractivity contribution in [2.24, 2.45) is 0 Å². The Morgan fingerprint density at radius 1 is 1.25 bits per heavy atom. The lowest BCUT2D eigenvalue weighted by Crippen LogP contribution is -2.37. The Kier molecular flexibility index (Phi) is 3.87. The van der Waals surface area contributed by atoms with Crippen molar-refractivity contribution in [1.29, 1.82) is 0 Å². The lowest BCUT2D eigenvalue weighted by Gasteiger charge is -2.30. The van der Waals surface area contributed by atoms with Crippen molar-refractivity contribution in [3.05, 3.63) is 17.0 Å². The fraction of sp³-hybridized carbons (Fsp3) is 0.812. The Hall–Kier alpha value is -0.870. The number of aryl methyl sites for hydroxylation is 2. The second-order valence-electron chi connectivity index (χ2n) is 6.50. The number of rotatable bonds is 3. The summed E-state index contributed by atoms with van der Waals surface area (Å²) in [5, 5.41) is 8.46. The first-order valence-electron chi connectivity index (χ1n) is 8.14. The fourth-order valence-electron chi connectivity index (χ4n) is 4.13. The number of nitrogens with zero attached hydrogens (tertiary/aromatic N) is 3. The average molecular weight is 276 g/mol. The van der Waals surface area contributed by atoms with Gasteiger partial charge in [-0.2, -0.15) is 5.10 Å². The van der Waals surface area contributed by atoms with Crippen LogP contribution in [0.5, 0.6) is 0 Å².